The van der Waals surface area contributed by atoms with Crippen LogP contribution in [0, 0.1) is 18.3 Å². The molecule has 0 fully saturated rings. The summed E-state index contributed by atoms with van der Waals surface area (Å²) in [5.41, 5.74) is 10.3. The first kappa shape index (κ1) is 23.9. The molecule has 9 nitrogen and oxygen atoms in total. The highest BCUT2D eigenvalue weighted by molar-refractivity contribution is 6.32. The van der Waals surface area contributed by atoms with Gasteiger partial charge < -0.3 is 20.4 Å². The van der Waals surface area contributed by atoms with Crippen LogP contribution in [-0.2, 0) is 7.05 Å². The molecule has 0 radical (unpaired) electrons. The molecule has 184 valence electrons. The van der Waals surface area contributed by atoms with E-state index in [0.717, 1.165) is 22.4 Å². The van der Waals surface area contributed by atoms with Crippen LogP contribution in [0.4, 0.5) is 11.5 Å². The third-order valence-corrected chi connectivity index (χ3v) is 6.23. The topological polar surface area (TPSA) is 130 Å². The maximum atomic E-state index is 11.4. The quantitative estimate of drug-likeness (QED) is 0.322. The van der Waals surface area contributed by atoms with Crippen molar-refractivity contribution in [1.82, 2.24) is 9.55 Å². The van der Waals surface area contributed by atoms with Crippen molar-refractivity contribution in [2.75, 3.05) is 10.6 Å². The van der Waals surface area contributed by atoms with Crippen LogP contribution in [0.3, 0.4) is 0 Å². The number of hydrogen-bond acceptors (Lipinski definition) is 7. The first-order chi connectivity index (χ1) is 17.8. The van der Waals surface area contributed by atoms with Crippen LogP contribution in [0.5, 0.6) is 5.75 Å². The number of nitrogens with zero attached hydrogens (tertiary/aromatic N) is 4. The van der Waals surface area contributed by atoms with Gasteiger partial charge in [-0.15, -0.1) is 0 Å². The van der Waals surface area contributed by atoms with Crippen LogP contribution in [0.2, 0.25) is 5.02 Å². The molecule has 0 spiro atoms. The van der Waals surface area contributed by atoms with Crippen LogP contribution in [-0.4, -0.2) is 27.6 Å². The molecule has 4 aromatic rings. The maximum Gasteiger partial charge on any atom is 0.368 e. The molecule has 1 unspecified atom stereocenters. The zero-order valence-electron chi connectivity index (χ0n) is 20.0. The average Bonchev–Trinajstić information content (AvgIpc) is 3.26. The zero-order chi connectivity index (χ0) is 26.2. The Morgan fingerprint density at radius 2 is 1.89 bits per heavy atom. The third kappa shape index (κ3) is 4.70. The van der Waals surface area contributed by atoms with Crippen molar-refractivity contribution in [3.63, 3.8) is 0 Å². The Kier molecular flexibility index (Phi) is 6.03. The number of nitrogens with one attached hydrogen (secondary N) is 2. The van der Waals surface area contributed by atoms with Crippen LogP contribution in [0.15, 0.2) is 72.0 Å². The number of aryl methyl sites for hydroxylation is 2. The Hall–Kier alpha value is -4.81. The molecule has 1 aliphatic rings. The Morgan fingerprint density at radius 1 is 1.16 bits per heavy atom. The second kappa shape index (κ2) is 9.33. The molecule has 2 heterocycles. The number of anilines is 2. The normalized spacial score (nSPS) is 15.8. The molecule has 1 amide bonds. The lowest BCUT2D eigenvalue weighted by Gasteiger charge is -2.35. The van der Waals surface area contributed by atoms with Crippen LogP contribution >= 0.6 is 11.6 Å². The van der Waals surface area contributed by atoms with Crippen LogP contribution in [0.1, 0.15) is 27.2 Å². The number of carbonyl (C=O) groups excluding carboxylic acids is 1. The highest BCUT2D eigenvalue weighted by Gasteiger charge is 2.37. The minimum Gasteiger partial charge on any atom is -0.430 e. The lowest BCUT2D eigenvalue weighted by Crippen LogP contribution is -2.52. The van der Waals surface area contributed by atoms with Gasteiger partial charge in [-0.05, 0) is 72.1 Å². The number of hydrogen-bond donors (Lipinski definition) is 3. The number of aliphatic imine (C=N–C) groups is 1. The van der Waals surface area contributed by atoms with Gasteiger partial charge in [0.1, 0.15) is 11.4 Å². The van der Waals surface area contributed by atoms with Crippen molar-refractivity contribution < 1.29 is 9.53 Å². The van der Waals surface area contributed by atoms with E-state index < -0.39 is 11.9 Å². The number of aromatic nitrogens is 2. The highest BCUT2D eigenvalue weighted by Crippen LogP contribution is 2.38. The van der Waals surface area contributed by atoms with Gasteiger partial charge in [0.05, 0.1) is 29.2 Å². The highest BCUT2D eigenvalue weighted by atomic mass is 35.5. The summed E-state index contributed by atoms with van der Waals surface area (Å²) in [6.45, 7) is 1.89. The number of amides is 1. The number of ether oxygens (including phenoxy) is 1. The minimum absolute atomic E-state index is 0.374. The van der Waals surface area contributed by atoms with Crippen molar-refractivity contribution in [1.29, 1.82) is 5.26 Å². The van der Waals surface area contributed by atoms with Gasteiger partial charge in [0.25, 0.3) is 0 Å². The van der Waals surface area contributed by atoms with Gasteiger partial charge in [0.2, 0.25) is 5.91 Å². The first-order valence-corrected chi connectivity index (χ1v) is 11.7. The van der Waals surface area contributed by atoms with E-state index in [9.17, 15) is 4.79 Å². The van der Waals surface area contributed by atoms with Crippen molar-refractivity contribution in [2.24, 2.45) is 17.8 Å². The fourth-order valence-electron chi connectivity index (χ4n) is 4.00. The number of fused-ring (bicyclic) bond motifs is 1. The van der Waals surface area contributed by atoms with E-state index in [1.807, 2.05) is 36.7 Å². The molecule has 4 N–H and O–H groups in total. The predicted molar refractivity (Wildman–Crippen MR) is 143 cm³/mol. The SMILES string of the molecule is Cc1cc(-c2ccc(C(N)=O)cc2)cc(Cl)c1OC1(Nc2ccc(C#N)cc2)N=Cc2c(ncn2C)N1. The zero-order valence-corrected chi connectivity index (χ0v) is 20.7. The van der Waals surface area contributed by atoms with Crippen molar-refractivity contribution >= 4 is 35.2 Å². The number of benzene rings is 3. The molecule has 37 heavy (non-hydrogen) atoms. The lowest BCUT2D eigenvalue weighted by atomic mass is 10.0. The third-order valence-electron chi connectivity index (χ3n) is 5.95. The lowest BCUT2D eigenvalue weighted by molar-refractivity contribution is 0.1000. The summed E-state index contributed by atoms with van der Waals surface area (Å²) < 4.78 is 8.29. The van der Waals surface area contributed by atoms with Crippen LogP contribution < -0.4 is 21.1 Å². The standard InChI is InChI=1S/C27H22ClN7O2/c1-16-11-20(18-5-7-19(8-6-18)25(30)36)12-22(28)24(16)37-27(33-21-9-3-17(13-29)4-10-21)32-14-23-26(34-27)31-15-35(23)2/h3-12,14-15,33-34H,1-2H3,(H2,30,36). The summed E-state index contributed by atoms with van der Waals surface area (Å²) in [6.07, 6.45) is 3.35. The summed E-state index contributed by atoms with van der Waals surface area (Å²) >= 11 is 6.73. The summed E-state index contributed by atoms with van der Waals surface area (Å²) in [7, 11) is 1.87. The Bertz CT molecular complexity index is 1550. The van der Waals surface area contributed by atoms with Gasteiger partial charge in [-0.1, -0.05) is 23.7 Å². The maximum absolute atomic E-state index is 11.4. The summed E-state index contributed by atoms with van der Waals surface area (Å²) in [5.74, 6) is -0.946. The summed E-state index contributed by atoms with van der Waals surface area (Å²) in [4.78, 5) is 20.5. The average molecular weight is 512 g/mol. The number of nitriles is 1. The van der Waals surface area contributed by atoms with Crippen molar-refractivity contribution in [3.8, 4) is 22.9 Å². The number of imidazole rings is 1. The molecule has 1 aliphatic heterocycles. The number of carbonyl (C=O) groups is 1. The van der Waals surface area contributed by atoms with Gasteiger partial charge in [0, 0.05) is 18.3 Å². The smallest absolute Gasteiger partial charge is 0.368 e. The molecule has 10 heteroatoms. The Balaban J connectivity index is 1.50. The second-order valence-electron chi connectivity index (χ2n) is 8.58. The van der Waals surface area contributed by atoms with Crippen molar-refractivity contribution in [3.05, 3.63) is 94.4 Å². The molecule has 0 saturated carbocycles. The molecule has 1 aromatic heterocycles. The first-order valence-electron chi connectivity index (χ1n) is 11.3. The molecular weight excluding hydrogens is 490 g/mol. The van der Waals surface area contributed by atoms with Gasteiger partial charge >= 0.3 is 5.97 Å². The van der Waals surface area contributed by atoms with Gasteiger partial charge in [-0.3, -0.25) is 10.1 Å². The molecule has 0 bridgehead atoms. The van der Waals surface area contributed by atoms with E-state index in [2.05, 4.69) is 26.7 Å². The number of primary amides is 1. The van der Waals surface area contributed by atoms with E-state index >= 15 is 0 Å². The Labute approximate surface area is 218 Å². The van der Waals surface area contributed by atoms with Gasteiger partial charge in [-0.25, -0.2) is 9.98 Å². The fourth-order valence-corrected chi connectivity index (χ4v) is 4.30. The molecule has 3 aromatic carbocycles. The van der Waals surface area contributed by atoms with Crippen molar-refractivity contribution in [2.45, 2.75) is 12.9 Å². The minimum atomic E-state index is -1.46. The molecule has 1 atom stereocenters. The predicted octanol–water partition coefficient (Wildman–Crippen LogP) is 4.67. The van der Waals surface area contributed by atoms with E-state index in [1.54, 1.807) is 55.0 Å². The van der Waals surface area contributed by atoms with Crippen LogP contribution in [0.25, 0.3) is 11.1 Å². The fraction of sp³-hybridized carbons (Fsp3) is 0.111. The number of rotatable bonds is 6. The van der Waals surface area contributed by atoms with Gasteiger partial charge in [0.15, 0.2) is 5.82 Å². The largest absolute Gasteiger partial charge is 0.430 e. The number of halogens is 1. The van der Waals surface area contributed by atoms with E-state index in [-0.39, 0.29) is 0 Å². The summed E-state index contributed by atoms with van der Waals surface area (Å²) in [5, 5.41) is 16.0. The van der Waals surface area contributed by atoms with E-state index in [4.69, 9.17) is 27.3 Å². The molecular formula is C27H22ClN7O2. The van der Waals surface area contributed by atoms with Gasteiger partial charge in [-0.2, -0.15) is 5.26 Å². The Morgan fingerprint density at radius 3 is 2.54 bits per heavy atom. The molecule has 0 saturated heterocycles. The van der Waals surface area contributed by atoms with E-state index in [0.29, 0.717) is 33.4 Å². The number of nitrogens with two attached hydrogens (primary N) is 1. The van der Waals surface area contributed by atoms with E-state index in [1.165, 1.54) is 0 Å². The molecule has 5 rings (SSSR count). The molecule has 0 aliphatic carbocycles. The summed E-state index contributed by atoms with van der Waals surface area (Å²) in [6, 6.07) is 19.7. The second-order valence-corrected chi connectivity index (χ2v) is 8.99. The monoisotopic (exact) mass is 511 g/mol.